The number of hydrogen-bond donors (Lipinski definition) is 0. The number of non-ortho nitro benzene ring substituents is 1. The third-order valence-electron chi connectivity index (χ3n) is 2.51. The molecule has 1 aromatic rings. The molecule has 0 aromatic heterocycles. The van der Waals surface area contributed by atoms with Crippen molar-refractivity contribution in [3.05, 3.63) is 39.9 Å². The van der Waals surface area contributed by atoms with E-state index in [9.17, 15) is 19.7 Å². The average Bonchev–Trinajstić information content (AvgIpc) is 2.27. The van der Waals surface area contributed by atoms with Gasteiger partial charge in [-0.3, -0.25) is 19.7 Å². The maximum Gasteiger partial charge on any atom is 0.320 e. The van der Waals surface area contributed by atoms with Crippen molar-refractivity contribution in [3.8, 4) is 0 Å². The first-order valence-electron chi connectivity index (χ1n) is 5.09. The van der Waals surface area contributed by atoms with Crippen molar-refractivity contribution in [2.24, 2.45) is 0 Å². The zero-order valence-electron chi connectivity index (χ0n) is 9.41. The van der Waals surface area contributed by atoms with Gasteiger partial charge in [0.05, 0.1) is 4.92 Å². The summed E-state index contributed by atoms with van der Waals surface area (Å²) < 4.78 is 9.96. The number of rotatable bonds is 2. The third-order valence-corrected chi connectivity index (χ3v) is 2.51. The highest BCUT2D eigenvalue weighted by Gasteiger charge is 2.40. The van der Waals surface area contributed by atoms with Gasteiger partial charge >= 0.3 is 11.9 Å². The molecule has 1 saturated heterocycles. The van der Waals surface area contributed by atoms with Crippen molar-refractivity contribution >= 4 is 17.6 Å². The molecule has 0 aliphatic carbocycles. The second-order valence-electron chi connectivity index (χ2n) is 3.87. The van der Waals surface area contributed by atoms with Crippen LogP contribution in [0.5, 0.6) is 0 Å². The lowest BCUT2D eigenvalue weighted by atomic mass is 10.1. The number of ether oxygens (including phenoxy) is 2. The van der Waals surface area contributed by atoms with E-state index >= 15 is 0 Å². The maximum absolute atomic E-state index is 11.2. The number of hydrogen-bond acceptors (Lipinski definition) is 6. The molecule has 1 aliphatic rings. The van der Waals surface area contributed by atoms with Crippen LogP contribution in [0, 0.1) is 10.1 Å². The second-order valence-corrected chi connectivity index (χ2v) is 3.87. The molecule has 2 rings (SSSR count). The van der Waals surface area contributed by atoms with Crippen molar-refractivity contribution in [3.63, 3.8) is 0 Å². The molecular weight excluding hydrogens is 242 g/mol. The van der Waals surface area contributed by atoms with E-state index in [-0.39, 0.29) is 5.69 Å². The molecule has 0 spiro atoms. The van der Waals surface area contributed by atoms with Crippen LogP contribution in [0.25, 0.3) is 0 Å². The second kappa shape index (κ2) is 4.10. The Kier molecular flexibility index (Phi) is 2.74. The Morgan fingerprint density at radius 3 is 2.11 bits per heavy atom. The molecule has 1 fully saturated rings. The summed E-state index contributed by atoms with van der Waals surface area (Å²) in [4.78, 5) is 32.4. The van der Waals surface area contributed by atoms with E-state index in [0.717, 1.165) is 0 Å². The predicted octanol–water partition coefficient (Wildman–Crippen LogP) is 1.26. The lowest BCUT2D eigenvalue weighted by Gasteiger charge is -2.32. The van der Waals surface area contributed by atoms with Gasteiger partial charge in [-0.1, -0.05) is 0 Å². The Labute approximate surface area is 101 Å². The molecule has 0 N–H and O–H groups in total. The lowest BCUT2D eigenvalue weighted by Crippen LogP contribution is -2.40. The Morgan fingerprint density at radius 2 is 1.67 bits per heavy atom. The topological polar surface area (TPSA) is 95.7 Å². The van der Waals surface area contributed by atoms with Crippen molar-refractivity contribution in [1.29, 1.82) is 0 Å². The van der Waals surface area contributed by atoms with Gasteiger partial charge in [-0.05, 0) is 12.1 Å². The quantitative estimate of drug-likeness (QED) is 0.340. The molecule has 0 saturated carbocycles. The Hall–Kier alpha value is -2.44. The summed E-state index contributed by atoms with van der Waals surface area (Å²) in [7, 11) is 0. The fourth-order valence-corrected chi connectivity index (χ4v) is 1.65. The van der Waals surface area contributed by atoms with Crippen molar-refractivity contribution in [2.75, 3.05) is 0 Å². The fraction of sp³-hybridized carbons (Fsp3) is 0.273. The number of benzene rings is 1. The molecule has 0 amide bonds. The Morgan fingerprint density at radius 1 is 1.17 bits per heavy atom. The van der Waals surface area contributed by atoms with E-state index in [2.05, 4.69) is 0 Å². The zero-order chi connectivity index (χ0) is 13.3. The molecule has 0 bridgehead atoms. The van der Waals surface area contributed by atoms with Crippen LogP contribution in [0.15, 0.2) is 24.3 Å². The van der Waals surface area contributed by atoms with E-state index in [1.807, 2.05) is 0 Å². The van der Waals surface area contributed by atoms with Crippen molar-refractivity contribution < 1.29 is 24.0 Å². The highest BCUT2D eigenvalue weighted by Crippen LogP contribution is 2.32. The zero-order valence-corrected chi connectivity index (χ0v) is 9.41. The van der Waals surface area contributed by atoms with Gasteiger partial charge in [0.2, 0.25) is 0 Å². The van der Waals surface area contributed by atoms with Gasteiger partial charge in [0, 0.05) is 24.6 Å². The standard InChI is InChI=1S/C11H9NO6/c1-11(17-9(13)6-10(14)18-11)7-2-4-8(5-3-7)12(15)16/h2-5H,6H2,1H3. The van der Waals surface area contributed by atoms with Crippen LogP contribution < -0.4 is 0 Å². The molecular formula is C11H9NO6. The lowest BCUT2D eigenvalue weighted by molar-refractivity contribution is -0.384. The van der Waals surface area contributed by atoms with E-state index in [4.69, 9.17) is 9.47 Å². The van der Waals surface area contributed by atoms with Gasteiger partial charge in [0.25, 0.3) is 11.5 Å². The number of nitrogens with zero attached hydrogens (tertiary/aromatic N) is 1. The molecule has 18 heavy (non-hydrogen) atoms. The first kappa shape index (κ1) is 12.0. The summed E-state index contributed by atoms with van der Waals surface area (Å²) in [5.74, 6) is -2.90. The number of cyclic esters (lactones) is 2. The molecule has 1 aliphatic heterocycles. The molecule has 1 heterocycles. The first-order chi connectivity index (χ1) is 8.40. The van der Waals surface area contributed by atoms with Crippen LogP contribution in [-0.2, 0) is 24.8 Å². The molecule has 7 nitrogen and oxygen atoms in total. The van der Waals surface area contributed by atoms with E-state index < -0.39 is 29.1 Å². The molecule has 0 atom stereocenters. The van der Waals surface area contributed by atoms with E-state index in [1.54, 1.807) is 0 Å². The first-order valence-corrected chi connectivity index (χ1v) is 5.09. The number of carbonyl (C=O) groups excluding carboxylic acids is 2. The highest BCUT2D eigenvalue weighted by molar-refractivity contribution is 5.93. The fourth-order valence-electron chi connectivity index (χ4n) is 1.65. The van der Waals surface area contributed by atoms with Crippen molar-refractivity contribution in [1.82, 2.24) is 0 Å². The third kappa shape index (κ3) is 2.15. The summed E-state index contributed by atoms with van der Waals surface area (Å²) in [5.41, 5.74) is 0.255. The maximum atomic E-state index is 11.2. The monoisotopic (exact) mass is 251 g/mol. The number of nitro benzene ring substituents is 1. The molecule has 1 aromatic carbocycles. The minimum absolute atomic E-state index is 0.101. The molecule has 94 valence electrons. The van der Waals surface area contributed by atoms with Crippen LogP contribution >= 0.6 is 0 Å². The SMILES string of the molecule is CC1(c2ccc([N+](=O)[O-])cc2)OC(=O)CC(=O)O1. The number of esters is 2. The number of nitro groups is 1. The minimum atomic E-state index is -1.53. The van der Waals surface area contributed by atoms with Crippen LogP contribution in [-0.4, -0.2) is 16.9 Å². The van der Waals surface area contributed by atoms with Crippen LogP contribution in [0.1, 0.15) is 18.9 Å². The Balaban J connectivity index is 2.32. The smallest absolute Gasteiger partial charge is 0.320 e. The summed E-state index contributed by atoms with van der Waals surface area (Å²) in [6, 6.07) is 5.25. The number of carbonyl (C=O) groups is 2. The van der Waals surface area contributed by atoms with Gasteiger partial charge in [-0.15, -0.1) is 0 Å². The van der Waals surface area contributed by atoms with Crippen LogP contribution in [0.3, 0.4) is 0 Å². The van der Waals surface area contributed by atoms with E-state index in [0.29, 0.717) is 5.56 Å². The summed E-state index contributed by atoms with van der Waals surface area (Å²) >= 11 is 0. The molecule has 7 heteroatoms. The van der Waals surface area contributed by atoms with Gasteiger partial charge in [-0.2, -0.15) is 0 Å². The summed E-state index contributed by atoms with van der Waals surface area (Å²) in [6.45, 7) is 1.41. The van der Waals surface area contributed by atoms with E-state index in [1.165, 1.54) is 31.2 Å². The molecule has 0 radical (unpaired) electrons. The molecule has 0 unspecified atom stereocenters. The minimum Gasteiger partial charge on any atom is -0.418 e. The van der Waals surface area contributed by atoms with Gasteiger partial charge < -0.3 is 9.47 Å². The normalized spacial score (nSPS) is 17.8. The van der Waals surface area contributed by atoms with Crippen LogP contribution in [0.4, 0.5) is 5.69 Å². The van der Waals surface area contributed by atoms with Crippen molar-refractivity contribution in [2.45, 2.75) is 19.1 Å². The Bertz CT molecular complexity index is 505. The van der Waals surface area contributed by atoms with Crippen LogP contribution in [0.2, 0.25) is 0 Å². The predicted molar refractivity (Wildman–Crippen MR) is 57.2 cm³/mol. The van der Waals surface area contributed by atoms with Gasteiger partial charge in [0.15, 0.2) is 0 Å². The largest absolute Gasteiger partial charge is 0.418 e. The van der Waals surface area contributed by atoms with Gasteiger partial charge in [-0.25, -0.2) is 0 Å². The summed E-state index contributed by atoms with van der Waals surface area (Å²) in [5, 5.41) is 10.5. The summed E-state index contributed by atoms with van der Waals surface area (Å²) in [6.07, 6.45) is -0.428. The highest BCUT2D eigenvalue weighted by atomic mass is 16.7. The van der Waals surface area contributed by atoms with Gasteiger partial charge in [0.1, 0.15) is 6.42 Å². The average molecular weight is 251 g/mol.